The number of nitrogens with one attached hydrogen (secondary N) is 1. The number of sulfonamides is 1. The zero-order valence-corrected chi connectivity index (χ0v) is 23.8. The fourth-order valence-corrected chi connectivity index (χ4v) is 5.95. The van der Waals surface area contributed by atoms with Crippen molar-refractivity contribution in [1.82, 2.24) is 14.5 Å². The molecule has 3 N–H and O–H groups in total. The monoisotopic (exact) mass is 603 g/mol. The van der Waals surface area contributed by atoms with Crippen molar-refractivity contribution in [1.29, 1.82) is 0 Å². The number of hydrogen-bond donors (Lipinski definition) is 2. The lowest BCUT2D eigenvalue weighted by molar-refractivity contribution is -0.384. The van der Waals surface area contributed by atoms with Gasteiger partial charge in [0, 0.05) is 55.6 Å². The van der Waals surface area contributed by atoms with E-state index < -0.39 is 45.1 Å². The maximum Gasteiger partial charge on any atom is 0.411 e. The molecule has 0 atom stereocenters. The molecule has 0 bridgehead atoms. The standard InChI is InChI=1S/C26H30FN7O7S/c1-3-41-26(36)29-21-16-33(42(39,40)19-6-4-5-18(27)14-19)15-20(21)24(28)30-25(35)17-7-8-22(23(13-17)34(37)38)32-11-9-31(2)10-12-32/h4-8,13-14H,3,9-12,15-16H2,1-2H3,(H,29,36)(H2,28,30,35). The number of ether oxygens (including phenoxy) is 1. The van der Waals surface area contributed by atoms with Gasteiger partial charge in [0.05, 0.1) is 23.0 Å². The molecule has 1 saturated heterocycles. The van der Waals surface area contributed by atoms with E-state index in [1.807, 2.05) is 11.9 Å². The second kappa shape index (κ2) is 12.6. The van der Waals surface area contributed by atoms with E-state index in [2.05, 4.69) is 15.2 Å². The second-order valence-corrected chi connectivity index (χ2v) is 11.5. The van der Waals surface area contributed by atoms with Crippen LogP contribution in [0, 0.1) is 15.9 Å². The minimum absolute atomic E-state index is 0.0128. The third-order valence-corrected chi connectivity index (χ3v) is 8.58. The number of rotatable bonds is 8. The summed E-state index contributed by atoms with van der Waals surface area (Å²) in [7, 11) is -2.28. The van der Waals surface area contributed by atoms with Crippen molar-refractivity contribution in [3.8, 4) is 0 Å². The molecule has 0 spiro atoms. The number of nitro groups is 1. The van der Waals surface area contributed by atoms with Crippen LogP contribution in [0.2, 0.25) is 0 Å². The molecule has 16 heteroatoms. The summed E-state index contributed by atoms with van der Waals surface area (Å²) in [5, 5.41) is 14.3. The van der Waals surface area contributed by atoms with Gasteiger partial charge >= 0.3 is 6.09 Å². The molecule has 2 heterocycles. The average Bonchev–Trinajstić information content (AvgIpc) is 3.38. The normalized spacial score (nSPS) is 16.9. The summed E-state index contributed by atoms with van der Waals surface area (Å²) in [4.78, 5) is 44.0. The number of carbonyl (C=O) groups excluding carboxylic acids is 2. The Morgan fingerprint density at radius 3 is 2.50 bits per heavy atom. The zero-order valence-electron chi connectivity index (χ0n) is 22.9. The SMILES string of the molecule is CCOC(=O)NC1=C(C(N)=NC(=O)c2ccc(N3CCN(C)CC3)c([N+](=O)[O-])c2)CN(S(=O)(=O)c2cccc(F)c2)C1. The van der Waals surface area contributed by atoms with Crippen molar-refractivity contribution in [3.05, 3.63) is 75.2 Å². The van der Waals surface area contributed by atoms with Gasteiger partial charge in [0.15, 0.2) is 0 Å². The number of carbonyl (C=O) groups is 2. The Morgan fingerprint density at radius 2 is 1.86 bits per heavy atom. The van der Waals surface area contributed by atoms with Gasteiger partial charge < -0.3 is 20.3 Å². The van der Waals surface area contributed by atoms with Gasteiger partial charge in [-0.05, 0) is 44.3 Å². The molecule has 2 aromatic carbocycles. The number of nitro benzene ring substituents is 1. The molecule has 0 unspecified atom stereocenters. The van der Waals surface area contributed by atoms with Crippen molar-refractivity contribution in [3.63, 3.8) is 0 Å². The molecule has 0 aliphatic carbocycles. The lowest BCUT2D eigenvalue weighted by atomic mass is 10.1. The van der Waals surface area contributed by atoms with Crippen molar-refractivity contribution in [2.24, 2.45) is 10.7 Å². The molecule has 2 amide bonds. The number of hydrogen-bond acceptors (Lipinski definition) is 9. The summed E-state index contributed by atoms with van der Waals surface area (Å²) >= 11 is 0. The van der Waals surface area contributed by atoms with Gasteiger partial charge in [-0.15, -0.1) is 0 Å². The smallest absolute Gasteiger partial charge is 0.411 e. The first-order chi connectivity index (χ1) is 19.9. The number of benzene rings is 2. The number of amidine groups is 1. The van der Waals surface area contributed by atoms with Crippen molar-refractivity contribution < 1.29 is 32.1 Å². The number of piperazine rings is 1. The van der Waals surface area contributed by atoms with Crippen LogP contribution in [-0.4, -0.2) is 93.3 Å². The Hall–Kier alpha value is -4.41. The third kappa shape index (κ3) is 6.72. The summed E-state index contributed by atoms with van der Waals surface area (Å²) in [6, 6.07) is 8.42. The Labute approximate surface area is 241 Å². The van der Waals surface area contributed by atoms with Crippen LogP contribution in [0.1, 0.15) is 17.3 Å². The molecule has 14 nitrogen and oxygen atoms in total. The highest BCUT2D eigenvalue weighted by Crippen LogP contribution is 2.31. The van der Waals surface area contributed by atoms with E-state index >= 15 is 0 Å². The summed E-state index contributed by atoms with van der Waals surface area (Å²) < 4.78 is 46.0. The highest BCUT2D eigenvalue weighted by Gasteiger charge is 2.35. The minimum atomic E-state index is -4.24. The molecular weight excluding hydrogens is 573 g/mol. The van der Waals surface area contributed by atoms with E-state index in [1.54, 1.807) is 6.92 Å². The Kier molecular flexibility index (Phi) is 9.18. The topological polar surface area (TPSA) is 181 Å². The molecule has 0 radical (unpaired) electrons. The number of nitrogens with two attached hydrogens (primary N) is 1. The van der Waals surface area contributed by atoms with E-state index in [4.69, 9.17) is 10.5 Å². The number of halogens is 1. The summed E-state index contributed by atoms with van der Waals surface area (Å²) in [6.45, 7) is 3.44. The van der Waals surface area contributed by atoms with Gasteiger partial charge in [-0.25, -0.2) is 17.6 Å². The number of aliphatic imine (C=N–C) groups is 1. The molecule has 4 rings (SSSR count). The molecule has 0 saturated carbocycles. The Morgan fingerprint density at radius 1 is 1.14 bits per heavy atom. The highest BCUT2D eigenvalue weighted by atomic mass is 32.2. The van der Waals surface area contributed by atoms with E-state index in [0.717, 1.165) is 35.6 Å². The minimum Gasteiger partial charge on any atom is -0.450 e. The van der Waals surface area contributed by atoms with Crippen molar-refractivity contribution >= 4 is 39.2 Å². The maximum atomic E-state index is 13.8. The summed E-state index contributed by atoms with van der Waals surface area (Å²) in [5.74, 6) is -2.07. The maximum absolute atomic E-state index is 13.8. The summed E-state index contributed by atoms with van der Waals surface area (Å²) in [5.41, 5.74) is 6.16. The first-order valence-corrected chi connectivity index (χ1v) is 14.4. The van der Waals surface area contributed by atoms with Crippen LogP contribution in [0.5, 0.6) is 0 Å². The third-order valence-electron chi connectivity index (χ3n) is 6.79. The van der Waals surface area contributed by atoms with Gasteiger partial charge in [0.2, 0.25) is 10.0 Å². The molecule has 2 aliphatic heterocycles. The van der Waals surface area contributed by atoms with Crippen LogP contribution in [0.15, 0.2) is 63.6 Å². The van der Waals surface area contributed by atoms with E-state index in [0.29, 0.717) is 18.8 Å². The number of likely N-dealkylation sites (N-methyl/N-ethyl adjacent to an activating group) is 1. The molecule has 2 aromatic rings. The fourth-order valence-electron chi connectivity index (χ4n) is 4.55. The molecule has 224 valence electrons. The van der Waals surface area contributed by atoms with Crippen LogP contribution in [0.3, 0.4) is 0 Å². The zero-order chi connectivity index (χ0) is 30.6. The number of alkyl carbamates (subject to hydrolysis) is 1. The van der Waals surface area contributed by atoms with Gasteiger partial charge in [-0.2, -0.15) is 9.30 Å². The lowest BCUT2D eigenvalue weighted by Crippen LogP contribution is -2.44. The lowest BCUT2D eigenvalue weighted by Gasteiger charge is -2.33. The largest absolute Gasteiger partial charge is 0.450 e. The quantitative estimate of drug-likeness (QED) is 0.195. The predicted molar refractivity (Wildman–Crippen MR) is 151 cm³/mol. The Balaban J connectivity index is 1.63. The van der Waals surface area contributed by atoms with Crippen molar-refractivity contribution in [2.75, 3.05) is 57.8 Å². The second-order valence-electron chi connectivity index (χ2n) is 9.59. The number of amides is 2. The van der Waals surface area contributed by atoms with E-state index in [9.17, 15) is 32.5 Å². The fraction of sp³-hybridized carbons (Fsp3) is 0.346. The highest BCUT2D eigenvalue weighted by molar-refractivity contribution is 7.89. The Bertz CT molecular complexity index is 1570. The average molecular weight is 604 g/mol. The van der Waals surface area contributed by atoms with Gasteiger partial charge in [0.25, 0.3) is 11.6 Å². The molecule has 2 aliphatic rings. The van der Waals surface area contributed by atoms with Crippen LogP contribution < -0.4 is 16.0 Å². The van der Waals surface area contributed by atoms with Crippen LogP contribution in [0.25, 0.3) is 0 Å². The van der Waals surface area contributed by atoms with Crippen LogP contribution >= 0.6 is 0 Å². The van der Waals surface area contributed by atoms with E-state index in [1.165, 1.54) is 24.3 Å². The predicted octanol–water partition coefficient (Wildman–Crippen LogP) is 1.69. The van der Waals surface area contributed by atoms with Crippen LogP contribution in [-0.2, 0) is 14.8 Å². The molecule has 42 heavy (non-hydrogen) atoms. The van der Waals surface area contributed by atoms with Gasteiger partial charge in [-0.3, -0.25) is 20.2 Å². The van der Waals surface area contributed by atoms with E-state index in [-0.39, 0.29) is 40.6 Å². The molecular formula is C26H30FN7O7S. The number of anilines is 1. The van der Waals surface area contributed by atoms with Gasteiger partial charge in [-0.1, -0.05) is 6.07 Å². The summed E-state index contributed by atoms with van der Waals surface area (Å²) in [6.07, 6.45) is -0.885. The van der Waals surface area contributed by atoms with Gasteiger partial charge in [0.1, 0.15) is 17.3 Å². The van der Waals surface area contributed by atoms with Crippen molar-refractivity contribution in [2.45, 2.75) is 11.8 Å². The molecule has 1 fully saturated rings. The molecule has 0 aromatic heterocycles. The van der Waals surface area contributed by atoms with Crippen LogP contribution in [0.4, 0.5) is 20.6 Å². The number of nitrogens with zero attached hydrogens (tertiary/aromatic N) is 5. The first kappa shape index (κ1) is 30.5. The first-order valence-electron chi connectivity index (χ1n) is 12.9.